The molecule has 2 heterocycles. The highest BCUT2D eigenvalue weighted by Crippen LogP contribution is 2.26. The fraction of sp³-hybridized carbons (Fsp3) is 0. The molecule has 5 heteroatoms. The van der Waals surface area contributed by atoms with E-state index in [0.717, 1.165) is 17.0 Å². The van der Waals surface area contributed by atoms with Gasteiger partial charge in [-0.2, -0.15) is 5.10 Å². The molecule has 0 aliphatic rings. The van der Waals surface area contributed by atoms with Crippen LogP contribution in [0.1, 0.15) is 0 Å². The van der Waals surface area contributed by atoms with Crippen LogP contribution in [0.15, 0.2) is 48.8 Å². The van der Waals surface area contributed by atoms with Crippen molar-refractivity contribution >= 4 is 11.6 Å². The number of hydrogen-bond acceptors (Lipinski definition) is 2. The predicted molar refractivity (Wildman–Crippen MR) is 72.2 cm³/mol. The monoisotopic (exact) mass is 273 g/mol. The van der Waals surface area contributed by atoms with Gasteiger partial charge in [0.2, 0.25) is 0 Å². The van der Waals surface area contributed by atoms with Crippen molar-refractivity contribution in [2.45, 2.75) is 0 Å². The average Bonchev–Trinajstić information content (AvgIpc) is 2.93. The van der Waals surface area contributed by atoms with Crippen LogP contribution in [0, 0.1) is 5.82 Å². The number of aromatic nitrogens is 3. The highest BCUT2D eigenvalue weighted by molar-refractivity contribution is 6.30. The quantitative estimate of drug-likeness (QED) is 0.768. The Morgan fingerprint density at radius 1 is 1.11 bits per heavy atom. The Bertz CT molecular complexity index is 710. The number of nitrogens with one attached hydrogen (secondary N) is 1. The van der Waals surface area contributed by atoms with Crippen molar-refractivity contribution < 1.29 is 4.39 Å². The molecular formula is C14H9ClFN3. The summed E-state index contributed by atoms with van der Waals surface area (Å²) in [5.74, 6) is -0.448. The fourth-order valence-electron chi connectivity index (χ4n) is 1.80. The van der Waals surface area contributed by atoms with Gasteiger partial charge >= 0.3 is 0 Å². The second kappa shape index (κ2) is 4.82. The van der Waals surface area contributed by atoms with Crippen LogP contribution in [-0.2, 0) is 0 Å². The summed E-state index contributed by atoms with van der Waals surface area (Å²) in [6, 6.07) is 10.2. The smallest absolute Gasteiger partial charge is 0.142 e. The first-order valence-electron chi connectivity index (χ1n) is 5.65. The van der Waals surface area contributed by atoms with Crippen LogP contribution < -0.4 is 0 Å². The fourth-order valence-corrected chi connectivity index (χ4v) is 1.91. The standard InChI is InChI=1S/C14H9ClFN3/c15-11-4-3-9(6-12(11)16)13-7-14(19-18-13)10-2-1-5-17-8-10/h1-8H,(H,18,19). The zero-order chi connectivity index (χ0) is 13.2. The maximum atomic E-state index is 13.4. The molecule has 0 saturated heterocycles. The maximum absolute atomic E-state index is 13.4. The molecule has 0 radical (unpaired) electrons. The van der Waals surface area contributed by atoms with Crippen LogP contribution in [0.25, 0.3) is 22.5 Å². The van der Waals surface area contributed by atoms with Crippen molar-refractivity contribution in [1.82, 2.24) is 15.2 Å². The molecule has 0 unspecified atom stereocenters. The molecule has 0 amide bonds. The highest BCUT2D eigenvalue weighted by atomic mass is 35.5. The van der Waals surface area contributed by atoms with Crippen molar-refractivity contribution in [3.05, 3.63) is 59.6 Å². The van der Waals surface area contributed by atoms with Crippen molar-refractivity contribution in [3.8, 4) is 22.5 Å². The summed E-state index contributed by atoms with van der Waals surface area (Å²) in [5.41, 5.74) is 3.09. The number of pyridine rings is 1. The number of hydrogen-bond donors (Lipinski definition) is 1. The number of H-pyrrole nitrogens is 1. The Morgan fingerprint density at radius 2 is 2.00 bits per heavy atom. The van der Waals surface area contributed by atoms with E-state index in [4.69, 9.17) is 11.6 Å². The van der Waals surface area contributed by atoms with Crippen LogP contribution in [0.2, 0.25) is 5.02 Å². The van der Waals surface area contributed by atoms with E-state index in [1.165, 1.54) is 12.1 Å². The summed E-state index contributed by atoms with van der Waals surface area (Å²) in [5, 5.41) is 7.18. The molecule has 0 atom stereocenters. The number of nitrogens with zero attached hydrogens (tertiary/aromatic N) is 2. The van der Waals surface area contributed by atoms with E-state index in [9.17, 15) is 4.39 Å². The number of aromatic amines is 1. The van der Waals surface area contributed by atoms with E-state index >= 15 is 0 Å². The first-order valence-corrected chi connectivity index (χ1v) is 6.03. The molecule has 0 bridgehead atoms. The summed E-state index contributed by atoms with van der Waals surface area (Å²) in [6.07, 6.45) is 3.42. The lowest BCUT2D eigenvalue weighted by Gasteiger charge is -1.98. The van der Waals surface area contributed by atoms with Crippen LogP contribution in [-0.4, -0.2) is 15.2 Å². The van der Waals surface area contributed by atoms with E-state index in [2.05, 4.69) is 15.2 Å². The second-order valence-corrected chi connectivity index (χ2v) is 4.44. The largest absolute Gasteiger partial charge is 0.277 e. The molecular weight excluding hydrogens is 265 g/mol. The maximum Gasteiger partial charge on any atom is 0.142 e. The lowest BCUT2D eigenvalue weighted by atomic mass is 10.1. The Balaban J connectivity index is 1.99. The molecule has 0 aliphatic carbocycles. The third kappa shape index (κ3) is 2.35. The van der Waals surface area contributed by atoms with E-state index in [-0.39, 0.29) is 5.02 Å². The number of benzene rings is 1. The van der Waals surface area contributed by atoms with E-state index in [1.807, 2.05) is 18.2 Å². The third-order valence-corrected chi connectivity index (χ3v) is 3.07. The van der Waals surface area contributed by atoms with Gasteiger partial charge in [-0.25, -0.2) is 4.39 Å². The number of halogens is 2. The summed E-state index contributed by atoms with van der Waals surface area (Å²) in [4.78, 5) is 4.04. The van der Waals surface area contributed by atoms with Gasteiger partial charge in [0.1, 0.15) is 5.82 Å². The summed E-state index contributed by atoms with van der Waals surface area (Å²) in [6.45, 7) is 0. The van der Waals surface area contributed by atoms with Gasteiger partial charge in [0.25, 0.3) is 0 Å². The SMILES string of the molecule is Fc1cc(-c2cc(-c3cccnc3)n[nH]2)ccc1Cl. The van der Waals surface area contributed by atoms with Crippen LogP contribution in [0.4, 0.5) is 4.39 Å². The molecule has 2 aromatic heterocycles. The van der Waals surface area contributed by atoms with Gasteiger partial charge in [0.05, 0.1) is 16.4 Å². The molecule has 0 aliphatic heterocycles. The molecule has 3 nitrogen and oxygen atoms in total. The average molecular weight is 274 g/mol. The highest BCUT2D eigenvalue weighted by Gasteiger charge is 2.08. The topological polar surface area (TPSA) is 41.6 Å². The molecule has 1 N–H and O–H groups in total. The van der Waals surface area contributed by atoms with Gasteiger partial charge in [0.15, 0.2) is 0 Å². The summed E-state index contributed by atoms with van der Waals surface area (Å²) >= 11 is 5.66. The molecule has 0 saturated carbocycles. The molecule has 0 spiro atoms. The minimum absolute atomic E-state index is 0.107. The zero-order valence-corrected chi connectivity index (χ0v) is 10.5. The molecule has 94 valence electrons. The van der Waals surface area contributed by atoms with Gasteiger partial charge < -0.3 is 0 Å². The first-order chi connectivity index (χ1) is 9.24. The first kappa shape index (κ1) is 11.9. The lowest BCUT2D eigenvalue weighted by molar-refractivity contribution is 0.628. The second-order valence-electron chi connectivity index (χ2n) is 4.04. The van der Waals surface area contributed by atoms with Crippen LogP contribution >= 0.6 is 11.6 Å². The molecule has 0 fully saturated rings. The van der Waals surface area contributed by atoms with Crippen LogP contribution in [0.5, 0.6) is 0 Å². The Labute approximate surface area is 114 Å². The van der Waals surface area contributed by atoms with Crippen molar-refractivity contribution in [2.24, 2.45) is 0 Å². The number of rotatable bonds is 2. The Morgan fingerprint density at radius 3 is 2.74 bits per heavy atom. The molecule has 1 aromatic carbocycles. The van der Waals surface area contributed by atoms with Gasteiger partial charge in [-0.15, -0.1) is 0 Å². The molecule has 3 rings (SSSR count). The van der Waals surface area contributed by atoms with Crippen LogP contribution in [0.3, 0.4) is 0 Å². The third-order valence-electron chi connectivity index (χ3n) is 2.77. The zero-order valence-electron chi connectivity index (χ0n) is 9.77. The van der Waals surface area contributed by atoms with Gasteiger partial charge in [-0.1, -0.05) is 17.7 Å². The van der Waals surface area contributed by atoms with E-state index < -0.39 is 5.82 Å². The molecule has 3 aromatic rings. The molecule has 19 heavy (non-hydrogen) atoms. The van der Waals surface area contributed by atoms with E-state index in [0.29, 0.717) is 5.56 Å². The minimum atomic E-state index is -0.448. The normalized spacial score (nSPS) is 10.6. The summed E-state index contributed by atoms with van der Waals surface area (Å²) < 4.78 is 13.4. The lowest BCUT2D eigenvalue weighted by Crippen LogP contribution is -1.81. The van der Waals surface area contributed by atoms with Gasteiger partial charge in [-0.3, -0.25) is 10.1 Å². The van der Waals surface area contributed by atoms with Crippen molar-refractivity contribution in [2.75, 3.05) is 0 Å². The summed E-state index contributed by atoms with van der Waals surface area (Å²) in [7, 11) is 0. The van der Waals surface area contributed by atoms with Gasteiger partial charge in [-0.05, 0) is 30.3 Å². The van der Waals surface area contributed by atoms with Gasteiger partial charge in [0, 0.05) is 23.5 Å². The predicted octanol–water partition coefficient (Wildman–Crippen LogP) is 3.93. The van der Waals surface area contributed by atoms with Crippen molar-refractivity contribution in [3.63, 3.8) is 0 Å². The van der Waals surface area contributed by atoms with E-state index in [1.54, 1.807) is 18.5 Å². The minimum Gasteiger partial charge on any atom is -0.277 e. The Kier molecular flexibility index (Phi) is 3.01. The van der Waals surface area contributed by atoms with Crippen molar-refractivity contribution in [1.29, 1.82) is 0 Å². The Hall–Kier alpha value is -2.20.